The molecule has 2 aromatic heterocycles. The fourth-order valence-electron chi connectivity index (χ4n) is 3.15. The first-order chi connectivity index (χ1) is 12.0. The highest BCUT2D eigenvalue weighted by atomic mass is 16.5. The molecular formula is C17H23N5O3. The third-order valence-electron chi connectivity index (χ3n) is 4.40. The van der Waals surface area contributed by atoms with E-state index in [2.05, 4.69) is 15.1 Å². The van der Waals surface area contributed by atoms with Crippen molar-refractivity contribution in [1.82, 2.24) is 20.0 Å². The Morgan fingerprint density at radius 2 is 2.20 bits per heavy atom. The molecule has 8 nitrogen and oxygen atoms in total. The molecule has 1 aliphatic rings. The summed E-state index contributed by atoms with van der Waals surface area (Å²) in [7, 11) is 1.66. The quantitative estimate of drug-likeness (QED) is 0.868. The zero-order valence-corrected chi connectivity index (χ0v) is 14.6. The molecule has 1 saturated heterocycles. The van der Waals surface area contributed by atoms with Crippen LogP contribution >= 0.6 is 0 Å². The number of hydrogen-bond acceptors (Lipinski definition) is 7. The molecule has 0 aromatic carbocycles. The number of hydrogen-bond donors (Lipinski definition) is 1. The fourth-order valence-corrected chi connectivity index (χ4v) is 3.15. The standard InChI is InChI=1S/C17H23N5O3/c1-3-13-10-14(25-20-13)15(23)21(2)11-17(24)6-4-9-22(12-17)16-18-7-5-8-19-16/h5,7-8,10,24H,3-4,6,9,11-12H2,1-2H3/t17-/m0/s1. The number of nitrogens with zero attached hydrogens (tertiary/aromatic N) is 5. The van der Waals surface area contributed by atoms with Gasteiger partial charge in [0.2, 0.25) is 11.7 Å². The van der Waals surface area contributed by atoms with E-state index in [1.54, 1.807) is 31.6 Å². The Labute approximate surface area is 146 Å². The van der Waals surface area contributed by atoms with Gasteiger partial charge in [-0.05, 0) is 25.3 Å². The minimum Gasteiger partial charge on any atom is -0.386 e. The first-order valence-corrected chi connectivity index (χ1v) is 8.46. The average Bonchev–Trinajstić information content (AvgIpc) is 3.10. The van der Waals surface area contributed by atoms with Gasteiger partial charge in [-0.25, -0.2) is 9.97 Å². The zero-order valence-electron chi connectivity index (χ0n) is 14.6. The van der Waals surface area contributed by atoms with Crippen LogP contribution < -0.4 is 4.90 Å². The maximum absolute atomic E-state index is 12.5. The van der Waals surface area contributed by atoms with E-state index in [9.17, 15) is 9.90 Å². The van der Waals surface area contributed by atoms with Gasteiger partial charge in [0.25, 0.3) is 5.91 Å². The Balaban J connectivity index is 1.66. The molecular weight excluding hydrogens is 322 g/mol. The first kappa shape index (κ1) is 17.3. The Bertz CT molecular complexity index is 720. The number of aromatic nitrogens is 3. The minimum absolute atomic E-state index is 0.196. The van der Waals surface area contributed by atoms with Crippen molar-refractivity contribution in [2.45, 2.75) is 31.8 Å². The van der Waals surface area contributed by atoms with E-state index in [1.807, 2.05) is 11.8 Å². The van der Waals surface area contributed by atoms with Gasteiger partial charge in [0, 0.05) is 32.1 Å². The number of piperidine rings is 1. The molecule has 134 valence electrons. The van der Waals surface area contributed by atoms with Crippen LogP contribution in [0.5, 0.6) is 0 Å². The second-order valence-electron chi connectivity index (χ2n) is 6.50. The van der Waals surface area contributed by atoms with Crippen LogP contribution in [-0.2, 0) is 6.42 Å². The predicted molar refractivity (Wildman–Crippen MR) is 91.3 cm³/mol. The SMILES string of the molecule is CCc1cc(C(=O)N(C)C[C@@]2(O)CCCN(c3ncccn3)C2)on1. The van der Waals surface area contributed by atoms with Gasteiger partial charge in [0.15, 0.2) is 0 Å². The van der Waals surface area contributed by atoms with Crippen LogP contribution in [0.25, 0.3) is 0 Å². The summed E-state index contributed by atoms with van der Waals surface area (Å²) in [6.45, 7) is 3.31. The molecule has 1 amide bonds. The van der Waals surface area contributed by atoms with Crippen LogP contribution in [0.15, 0.2) is 29.0 Å². The summed E-state index contributed by atoms with van der Waals surface area (Å²) in [4.78, 5) is 24.4. The highest BCUT2D eigenvalue weighted by Crippen LogP contribution is 2.25. The van der Waals surface area contributed by atoms with Gasteiger partial charge in [-0.15, -0.1) is 0 Å². The van der Waals surface area contributed by atoms with Gasteiger partial charge in [0.1, 0.15) is 0 Å². The Morgan fingerprint density at radius 1 is 1.44 bits per heavy atom. The van der Waals surface area contributed by atoms with Crippen molar-refractivity contribution < 1.29 is 14.4 Å². The molecule has 3 rings (SSSR count). The summed E-state index contributed by atoms with van der Waals surface area (Å²) in [5.74, 6) is 0.508. The number of carbonyl (C=O) groups excluding carboxylic acids is 1. The third-order valence-corrected chi connectivity index (χ3v) is 4.40. The predicted octanol–water partition coefficient (Wildman–Crippen LogP) is 1.13. The van der Waals surface area contributed by atoms with Crippen molar-refractivity contribution in [2.75, 3.05) is 31.6 Å². The van der Waals surface area contributed by atoms with E-state index in [1.165, 1.54) is 4.90 Å². The second-order valence-corrected chi connectivity index (χ2v) is 6.50. The fraction of sp³-hybridized carbons (Fsp3) is 0.529. The van der Waals surface area contributed by atoms with Gasteiger partial charge in [-0.1, -0.05) is 12.1 Å². The molecule has 1 atom stereocenters. The number of amides is 1. The van der Waals surface area contributed by atoms with E-state index in [0.717, 1.165) is 18.7 Å². The maximum atomic E-state index is 12.5. The molecule has 1 fully saturated rings. The molecule has 0 unspecified atom stereocenters. The minimum atomic E-state index is -1.02. The number of likely N-dealkylation sites (N-methyl/N-ethyl adjacent to an activating group) is 1. The monoisotopic (exact) mass is 345 g/mol. The molecule has 0 spiro atoms. The van der Waals surface area contributed by atoms with E-state index in [4.69, 9.17) is 4.52 Å². The van der Waals surface area contributed by atoms with Crippen molar-refractivity contribution in [2.24, 2.45) is 0 Å². The molecule has 25 heavy (non-hydrogen) atoms. The van der Waals surface area contributed by atoms with Gasteiger partial charge in [0.05, 0.1) is 24.4 Å². The van der Waals surface area contributed by atoms with Crippen LogP contribution in [0.2, 0.25) is 0 Å². The summed E-state index contributed by atoms with van der Waals surface area (Å²) in [5.41, 5.74) is -0.282. The Kier molecular flexibility index (Phi) is 4.98. The molecule has 2 aromatic rings. The molecule has 8 heteroatoms. The van der Waals surface area contributed by atoms with Crippen molar-refractivity contribution in [3.8, 4) is 0 Å². The molecule has 1 N–H and O–H groups in total. The lowest BCUT2D eigenvalue weighted by atomic mass is 9.92. The van der Waals surface area contributed by atoms with Gasteiger partial charge in [-0.2, -0.15) is 0 Å². The Morgan fingerprint density at radius 3 is 2.88 bits per heavy atom. The number of anilines is 1. The Hall–Kier alpha value is -2.48. The summed E-state index contributed by atoms with van der Waals surface area (Å²) >= 11 is 0. The first-order valence-electron chi connectivity index (χ1n) is 8.46. The topological polar surface area (TPSA) is 95.6 Å². The van der Waals surface area contributed by atoms with Crippen molar-refractivity contribution in [3.05, 3.63) is 36.0 Å². The lowest BCUT2D eigenvalue weighted by Crippen LogP contribution is -2.55. The van der Waals surface area contributed by atoms with Crippen LogP contribution in [0.3, 0.4) is 0 Å². The lowest BCUT2D eigenvalue weighted by molar-refractivity contribution is -0.00122. The second kappa shape index (κ2) is 7.18. The summed E-state index contributed by atoms with van der Waals surface area (Å²) in [5, 5.41) is 14.8. The van der Waals surface area contributed by atoms with Crippen molar-refractivity contribution in [1.29, 1.82) is 0 Å². The molecule has 0 bridgehead atoms. The lowest BCUT2D eigenvalue weighted by Gasteiger charge is -2.40. The molecule has 0 saturated carbocycles. The summed E-state index contributed by atoms with van der Waals surface area (Å²) < 4.78 is 5.10. The van der Waals surface area contributed by atoms with Crippen LogP contribution in [0, 0.1) is 0 Å². The average molecular weight is 345 g/mol. The van der Waals surface area contributed by atoms with Gasteiger partial charge >= 0.3 is 0 Å². The van der Waals surface area contributed by atoms with E-state index in [0.29, 0.717) is 25.3 Å². The van der Waals surface area contributed by atoms with Crippen LogP contribution in [0.4, 0.5) is 5.95 Å². The largest absolute Gasteiger partial charge is 0.386 e. The molecule has 1 aliphatic heterocycles. The highest BCUT2D eigenvalue weighted by Gasteiger charge is 2.36. The molecule has 3 heterocycles. The summed E-state index contributed by atoms with van der Waals surface area (Å²) in [6.07, 6.45) is 5.49. The van der Waals surface area contributed by atoms with E-state index < -0.39 is 5.60 Å². The molecule has 0 radical (unpaired) electrons. The summed E-state index contributed by atoms with van der Waals surface area (Å²) in [6, 6.07) is 3.40. The van der Waals surface area contributed by atoms with Gasteiger partial charge < -0.3 is 19.4 Å². The molecule has 0 aliphatic carbocycles. The van der Waals surface area contributed by atoms with Crippen molar-refractivity contribution in [3.63, 3.8) is 0 Å². The van der Waals surface area contributed by atoms with Crippen LogP contribution in [-0.4, -0.2) is 63.3 Å². The zero-order chi connectivity index (χ0) is 17.9. The number of rotatable bonds is 5. The third kappa shape index (κ3) is 3.96. The normalized spacial score (nSPS) is 20.5. The number of β-amino-alcohol motifs (C(OH)–C–C–N with tert-alkyl or cyclic N) is 1. The van der Waals surface area contributed by atoms with Gasteiger partial charge in [-0.3, -0.25) is 4.79 Å². The highest BCUT2D eigenvalue weighted by molar-refractivity contribution is 5.91. The smallest absolute Gasteiger partial charge is 0.292 e. The number of aryl methyl sites for hydroxylation is 1. The number of aliphatic hydroxyl groups is 1. The number of carbonyl (C=O) groups is 1. The van der Waals surface area contributed by atoms with Crippen LogP contribution in [0.1, 0.15) is 36.0 Å². The maximum Gasteiger partial charge on any atom is 0.292 e. The van der Waals surface area contributed by atoms with E-state index >= 15 is 0 Å². The van der Waals surface area contributed by atoms with Crippen molar-refractivity contribution >= 4 is 11.9 Å². The van der Waals surface area contributed by atoms with E-state index in [-0.39, 0.29) is 18.2 Å².